The van der Waals surface area contributed by atoms with Crippen molar-refractivity contribution in [3.8, 4) is 5.75 Å². The van der Waals surface area contributed by atoms with Crippen molar-refractivity contribution in [1.29, 1.82) is 0 Å². The fourth-order valence-corrected chi connectivity index (χ4v) is 2.43. The van der Waals surface area contributed by atoms with Crippen molar-refractivity contribution in [2.45, 2.75) is 45.4 Å². The normalized spacial score (nSPS) is 16.1. The third-order valence-corrected chi connectivity index (χ3v) is 3.79. The van der Waals surface area contributed by atoms with Crippen molar-refractivity contribution in [3.05, 3.63) is 29.8 Å². The monoisotopic (exact) mass is 275 g/mol. The average Bonchev–Trinajstić information content (AvgIpc) is 2.45. The number of benzene rings is 1. The molecule has 1 aromatic rings. The Morgan fingerprint density at radius 1 is 1.10 bits per heavy atom. The number of hydrogen-bond donors (Lipinski definition) is 0. The Bertz CT molecular complexity index is 439. The molecule has 110 valence electrons. The predicted octanol–water partition coefficient (Wildman–Crippen LogP) is 3.38. The first-order valence-corrected chi connectivity index (χ1v) is 7.48. The van der Waals surface area contributed by atoms with Gasteiger partial charge < -0.3 is 9.64 Å². The number of ether oxygens (including phenoxy) is 1. The zero-order valence-electron chi connectivity index (χ0n) is 12.8. The summed E-state index contributed by atoms with van der Waals surface area (Å²) in [7, 11) is 0. The smallest absolute Gasteiger partial charge is 0.260 e. The molecule has 1 saturated heterocycles. The molecule has 0 N–H and O–H groups in total. The molecule has 0 aliphatic carbocycles. The Morgan fingerprint density at radius 2 is 1.70 bits per heavy atom. The van der Waals surface area contributed by atoms with Crippen molar-refractivity contribution in [2.75, 3.05) is 19.7 Å². The minimum atomic E-state index is 0.101. The first-order chi connectivity index (χ1) is 9.47. The molecular weight excluding hydrogens is 250 g/mol. The Kier molecular flexibility index (Phi) is 4.69. The SMILES string of the molecule is CC(C)(C)c1ccc(OCC(=O)N2CCCCC2)cc1. The van der Waals surface area contributed by atoms with Gasteiger partial charge in [0.2, 0.25) is 0 Å². The number of hydrogen-bond acceptors (Lipinski definition) is 2. The molecule has 1 aromatic carbocycles. The van der Waals surface area contributed by atoms with Gasteiger partial charge in [-0.05, 0) is 42.4 Å². The fourth-order valence-electron chi connectivity index (χ4n) is 2.43. The van der Waals surface area contributed by atoms with E-state index in [9.17, 15) is 4.79 Å². The van der Waals surface area contributed by atoms with Crippen LogP contribution in [-0.2, 0) is 10.2 Å². The van der Waals surface area contributed by atoms with Gasteiger partial charge in [0, 0.05) is 13.1 Å². The number of amides is 1. The fraction of sp³-hybridized carbons (Fsp3) is 0.588. The maximum Gasteiger partial charge on any atom is 0.260 e. The highest BCUT2D eigenvalue weighted by Gasteiger charge is 2.17. The van der Waals surface area contributed by atoms with Gasteiger partial charge in [-0.1, -0.05) is 32.9 Å². The van der Waals surface area contributed by atoms with Gasteiger partial charge in [-0.2, -0.15) is 0 Å². The van der Waals surface area contributed by atoms with Crippen LogP contribution in [0.2, 0.25) is 0 Å². The van der Waals surface area contributed by atoms with Crippen molar-refractivity contribution in [1.82, 2.24) is 4.90 Å². The molecule has 1 aliphatic heterocycles. The number of likely N-dealkylation sites (tertiary alicyclic amines) is 1. The highest BCUT2D eigenvalue weighted by molar-refractivity contribution is 5.77. The minimum absolute atomic E-state index is 0.101. The number of piperidine rings is 1. The molecule has 1 fully saturated rings. The van der Waals surface area contributed by atoms with Gasteiger partial charge in [-0.3, -0.25) is 4.79 Å². The molecule has 3 heteroatoms. The van der Waals surface area contributed by atoms with E-state index in [1.165, 1.54) is 12.0 Å². The maximum atomic E-state index is 12.0. The van der Waals surface area contributed by atoms with E-state index < -0.39 is 0 Å². The van der Waals surface area contributed by atoms with Gasteiger partial charge in [0.25, 0.3) is 5.91 Å². The molecule has 0 bridgehead atoms. The van der Waals surface area contributed by atoms with Crippen LogP contribution in [0.3, 0.4) is 0 Å². The summed E-state index contributed by atoms with van der Waals surface area (Å²) in [5.41, 5.74) is 1.41. The summed E-state index contributed by atoms with van der Waals surface area (Å²) in [5.74, 6) is 0.868. The molecule has 3 nitrogen and oxygen atoms in total. The standard InChI is InChI=1S/C17H25NO2/c1-17(2,3)14-7-9-15(10-8-14)20-13-16(19)18-11-5-4-6-12-18/h7-10H,4-6,11-13H2,1-3H3. The lowest BCUT2D eigenvalue weighted by Gasteiger charge is -2.26. The highest BCUT2D eigenvalue weighted by Crippen LogP contribution is 2.24. The van der Waals surface area contributed by atoms with Gasteiger partial charge in [-0.25, -0.2) is 0 Å². The molecular formula is C17H25NO2. The lowest BCUT2D eigenvalue weighted by atomic mass is 9.87. The molecule has 1 heterocycles. The van der Waals surface area contributed by atoms with Gasteiger partial charge >= 0.3 is 0 Å². The summed E-state index contributed by atoms with van der Waals surface area (Å²) in [6.45, 7) is 8.46. The Labute approximate surface area is 121 Å². The van der Waals surface area contributed by atoms with Crippen molar-refractivity contribution in [3.63, 3.8) is 0 Å². The van der Waals surface area contributed by atoms with Crippen LogP contribution in [0, 0.1) is 0 Å². The van der Waals surface area contributed by atoms with E-state index in [2.05, 4.69) is 32.9 Å². The summed E-state index contributed by atoms with van der Waals surface area (Å²) in [6, 6.07) is 8.04. The van der Waals surface area contributed by atoms with Crippen LogP contribution in [-0.4, -0.2) is 30.5 Å². The van der Waals surface area contributed by atoms with Gasteiger partial charge in [0.15, 0.2) is 6.61 Å². The quantitative estimate of drug-likeness (QED) is 0.846. The number of carbonyl (C=O) groups is 1. The lowest BCUT2D eigenvalue weighted by Crippen LogP contribution is -2.38. The van der Waals surface area contributed by atoms with E-state index in [1.54, 1.807) is 0 Å². The zero-order chi connectivity index (χ0) is 14.6. The lowest BCUT2D eigenvalue weighted by molar-refractivity contribution is -0.134. The van der Waals surface area contributed by atoms with Gasteiger partial charge in [-0.15, -0.1) is 0 Å². The van der Waals surface area contributed by atoms with Crippen LogP contribution in [0.4, 0.5) is 0 Å². The summed E-state index contributed by atoms with van der Waals surface area (Å²) >= 11 is 0. The average molecular weight is 275 g/mol. The number of nitrogens with zero attached hydrogens (tertiary/aromatic N) is 1. The molecule has 0 atom stereocenters. The summed E-state index contributed by atoms with van der Waals surface area (Å²) in [4.78, 5) is 13.9. The molecule has 0 saturated carbocycles. The second-order valence-electron chi connectivity index (χ2n) is 6.50. The number of carbonyl (C=O) groups excluding carboxylic acids is 1. The van der Waals surface area contributed by atoms with Gasteiger partial charge in [0.1, 0.15) is 5.75 Å². The summed E-state index contributed by atoms with van der Waals surface area (Å²) < 4.78 is 5.60. The van der Waals surface area contributed by atoms with Crippen molar-refractivity contribution < 1.29 is 9.53 Å². The van der Waals surface area contributed by atoms with Crippen molar-refractivity contribution in [2.24, 2.45) is 0 Å². The zero-order valence-corrected chi connectivity index (χ0v) is 12.8. The van der Waals surface area contributed by atoms with E-state index in [-0.39, 0.29) is 17.9 Å². The van der Waals surface area contributed by atoms with Crippen LogP contribution in [0.15, 0.2) is 24.3 Å². The first-order valence-electron chi connectivity index (χ1n) is 7.48. The molecule has 0 spiro atoms. The van der Waals surface area contributed by atoms with E-state index in [1.807, 2.05) is 17.0 Å². The molecule has 20 heavy (non-hydrogen) atoms. The third-order valence-electron chi connectivity index (χ3n) is 3.79. The Balaban J connectivity index is 1.86. The molecule has 1 aliphatic rings. The van der Waals surface area contributed by atoms with E-state index in [4.69, 9.17) is 4.74 Å². The second kappa shape index (κ2) is 6.29. The van der Waals surface area contributed by atoms with Crippen LogP contribution < -0.4 is 4.74 Å². The second-order valence-corrected chi connectivity index (χ2v) is 6.50. The molecule has 0 aromatic heterocycles. The molecule has 0 unspecified atom stereocenters. The summed E-state index contributed by atoms with van der Waals surface area (Å²) in [5, 5.41) is 0. The topological polar surface area (TPSA) is 29.5 Å². The molecule has 2 rings (SSSR count). The predicted molar refractivity (Wildman–Crippen MR) is 81.1 cm³/mol. The number of rotatable bonds is 3. The summed E-state index contributed by atoms with van der Waals surface area (Å²) in [6.07, 6.45) is 3.47. The largest absolute Gasteiger partial charge is 0.484 e. The Hall–Kier alpha value is -1.51. The first kappa shape index (κ1) is 14.9. The Morgan fingerprint density at radius 3 is 2.25 bits per heavy atom. The maximum absolute atomic E-state index is 12.0. The van der Waals surface area contributed by atoms with E-state index in [0.717, 1.165) is 31.7 Å². The molecule has 1 amide bonds. The third kappa shape index (κ3) is 3.99. The van der Waals surface area contributed by atoms with E-state index in [0.29, 0.717) is 0 Å². The van der Waals surface area contributed by atoms with E-state index >= 15 is 0 Å². The van der Waals surface area contributed by atoms with Crippen LogP contribution in [0.1, 0.15) is 45.6 Å². The van der Waals surface area contributed by atoms with Crippen LogP contribution in [0.25, 0.3) is 0 Å². The minimum Gasteiger partial charge on any atom is -0.484 e. The highest BCUT2D eigenvalue weighted by atomic mass is 16.5. The van der Waals surface area contributed by atoms with Crippen molar-refractivity contribution >= 4 is 5.91 Å². The van der Waals surface area contributed by atoms with Crippen LogP contribution >= 0.6 is 0 Å². The van der Waals surface area contributed by atoms with Gasteiger partial charge in [0.05, 0.1) is 0 Å². The molecule has 0 radical (unpaired) electrons. The van der Waals surface area contributed by atoms with Crippen LogP contribution in [0.5, 0.6) is 5.75 Å².